The first kappa shape index (κ1) is 16.5. The molecule has 5 heavy (non-hydrogen) atoms. The van der Waals surface area contributed by atoms with Crippen LogP contribution in [0.25, 0.3) is 0 Å². The van der Waals surface area contributed by atoms with Crippen molar-refractivity contribution in [2.24, 2.45) is 0 Å². The van der Waals surface area contributed by atoms with E-state index in [0.29, 0.717) is 0 Å². The maximum absolute atomic E-state index is 7.00. The summed E-state index contributed by atoms with van der Waals surface area (Å²) in [7, 11) is 0. The van der Waals surface area contributed by atoms with Crippen molar-refractivity contribution >= 4 is 7.69 Å². The Morgan fingerprint density at radius 3 is 1.20 bits per heavy atom. The van der Waals surface area contributed by atoms with Crippen molar-refractivity contribution in [3.63, 3.8) is 0 Å². The van der Waals surface area contributed by atoms with E-state index in [1.807, 2.05) is 0 Å². The zero-order valence-corrected chi connectivity index (χ0v) is 5.89. The van der Waals surface area contributed by atoms with Gasteiger partial charge in [0, 0.05) is 32.7 Å². The van der Waals surface area contributed by atoms with Crippen LogP contribution in [0, 0.1) is 7.43 Å². The Kier molecular flexibility index (Phi) is 64.4. The van der Waals surface area contributed by atoms with Gasteiger partial charge in [0.25, 0.3) is 0 Å². The molecule has 0 aromatic heterocycles. The van der Waals surface area contributed by atoms with E-state index in [4.69, 9.17) is 10.0 Å². The van der Waals surface area contributed by atoms with Crippen LogP contribution in [-0.2, 0) is 32.7 Å². The molecule has 0 aliphatic heterocycles. The van der Waals surface area contributed by atoms with Crippen LogP contribution in [0.2, 0.25) is 0 Å². The molecule has 0 saturated heterocycles. The molecular formula is CH5BO2Y-. The Morgan fingerprint density at radius 2 is 1.20 bits per heavy atom. The van der Waals surface area contributed by atoms with Gasteiger partial charge in [-0.15, -0.1) is 0 Å². The SMILES string of the molecule is O[B]O.[CH3-].[Y]. The molecule has 2 nitrogen and oxygen atoms in total. The van der Waals surface area contributed by atoms with Gasteiger partial charge >= 0.3 is 7.69 Å². The van der Waals surface area contributed by atoms with E-state index in [1.54, 1.807) is 0 Å². The zero-order chi connectivity index (χ0) is 2.71. The van der Waals surface area contributed by atoms with Gasteiger partial charge in [0.1, 0.15) is 0 Å². The van der Waals surface area contributed by atoms with Crippen LogP contribution in [0.3, 0.4) is 0 Å². The molecule has 0 aromatic rings. The van der Waals surface area contributed by atoms with Gasteiger partial charge in [0.2, 0.25) is 0 Å². The first-order chi connectivity index (χ1) is 1.41. The van der Waals surface area contributed by atoms with Gasteiger partial charge in [0.15, 0.2) is 0 Å². The molecular weight excluding hydrogens is 144 g/mol. The van der Waals surface area contributed by atoms with Gasteiger partial charge in [-0.3, -0.25) is 0 Å². The van der Waals surface area contributed by atoms with Crippen molar-refractivity contribution in [3.05, 3.63) is 7.43 Å². The van der Waals surface area contributed by atoms with Crippen molar-refractivity contribution < 1.29 is 42.8 Å². The van der Waals surface area contributed by atoms with Crippen LogP contribution in [0.4, 0.5) is 0 Å². The molecule has 4 heteroatoms. The average molecular weight is 149 g/mol. The summed E-state index contributed by atoms with van der Waals surface area (Å²) in [4.78, 5) is 0. The van der Waals surface area contributed by atoms with Crippen LogP contribution in [0.5, 0.6) is 0 Å². The van der Waals surface area contributed by atoms with E-state index in [9.17, 15) is 0 Å². The summed E-state index contributed by atoms with van der Waals surface area (Å²) in [6.07, 6.45) is 0. The summed E-state index contributed by atoms with van der Waals surface area (Å²) >= 11 is 0. The standard InChI is InChI=1S/CH3.BH2O2.Y/c;2-1-3;/h1H3;2-3H;/q-1;;. The van der Waals surface area contributed by atoms with E-state index < -0.39 is 0 Å². The van der Waals surface area contributed by atoms with Crippen molar-refractivity contribution in [2.75, 3.05) is 0 Å². The van der Waals surface area contributed by atoms with Crippen LogP contribution >= 0.6 is 0 Å². The molecule has 28 valence electrons. The molecule has 2 N–H and O–H groups in total. The number of hydrogen-bond acceptors (Lipinski definition) is 2. The fraction of sp³-hybridized carbons (Fsp3) is 0. The molecule has 0 atom stereocenters. The Labute approximate surface area is 57.8 Å². The molecule has 2 radical (unpaired) electrons. The Bertz CT molecular complexity index is 9.61. The fourth-order valence-corrected chi connectivity index (χ4v) is 0. The second-order valence-electron chi connectivity index (χ2n) is 0.115. The second kappa shape index (κ2) is 19.5. The van der Waals surface area contributed by atoms with Gasteiger partial charge in [0.05, 0.1) is 0 Å². The Balaban J connectivity index is -0.0000000200. The normalized spacial score (nSPS) is 2.80. The third-order valence-corrected chi connectivity index (χ3v) is 0. The quantitative estimate of drug-likeness (QED) is 0.340. The van der Waals surface area contributed by atoms with E-state index in [1.165, 1.54) is 0 Å². The average Bonchev–Trinajstić information content (AvgIpc) is 0.918. The summed E-state index contributed by atoms with van der Waals surface area (Å²) in [5.74, 6) is 0. The van der Waals surface area contributed by atoms with Crippen LogP contribution in [0.15, 0.2) is 0 Å². The molecule has 0 aliphatic rings. The molecule has 0 bridgehead atoms. The summed E-state index contributed by atoms with van der Waals surface area (Å²) in [5.41, 5.74) is 0. The molecule has 0 heterocycles. The largest absolute Gasteiger partial charge is 0.482 e. The summed E-state index contributed by atoms with van der Waals surface area (Å²) < 4.78 is 0. The van der Waals surface area contributed by atoms with Gasteiger partial charge in [-0.1, -0.05) is 0 Å². The number of hydrogen-bond donors (Lipinski definition) is 2. The molecule has 0 rings (SSSR count). The minimum absolute atomic E-state index is 0. The predicted molar refractivity (Wildman–Crippen MR) is 16.6 cm³/mol. The molecule has 0 aromatic carbocycles. The Hall–Kier alpha value is 1.09. The molecule has 0 spiro atoms. The van der Waals surface area contributed by atoms with E-state index in [-0.39, 0.29) is 47.8 Å². The van der Waals surface area contributed by atoms with E-state index in [2.05, 4.69) is 0 Å². The first-order valence-electron chi connectivity index (χ1n) is 0.516. The van der Waals surface area contributed by atoms with Crippen molar-refractivity contribution in [2.45, 2.75) is 0 Å². The van der Waals surface area contributed by atoms with Crippen LogP contribution in [-0.4, -0.2) is 17.7 Å². The van der Waals surface area contributed by atoms with Gasteiger partial charge in [-0.05, 0) is 0 Å². The Morgan fingerprint density at radius 1 is 1.20 bits per heavy atom. The van der Waals surface area contributed by atoms with Gasteiger partial charge < -0.3 is 17.5 Å². The monoisotopic (exact) mass is 149 g/mol. The van der Waals surface area contributed by atoms with Crippen LogP contribution in [0.1, 0.15) is 0 Å². The maximum Gasteiger partial charge on any atom is 0.482 e. The predicted octanol–water partition coefficient (Wildman–Crippen LogP) is -1.05. The summed E-state index contributed by atoms with van der Waals surface area (Å²) in [5, 5.41) is 14.0. The third-order valence-electron chi connectivity index (χ3n) is 0. The topological polar surface area (TPSA) is 40.5 Å². The van der Waals surface area contributed by atoms with E-state index >= 15 is 0 Å². The van der Waals surface area contributed by atoms with Crippen molar-refractivity contribution in [3.8, 4) is 0 Å². The van der Waals surface area contributed by atoms with E-state index in [0.717, 1.165) is 0 Å². The van der Waals surface area contributed by atoms with Crippen molar-refractivity contribution in [1.82, 2.24) is 0 Å². The zero-order valence-electron chi connectivity index (χ0n) is 3.05. The number of rotatable bonds is 0. The van der Waals surface area contributed by atoms with Crippen LogP contribution < -0.4 is 0 Å². The first-order valence-corrected chi connectivity index (χ1v) is 0.516. The van der Waals surface area contributed by atoms with Crippen molar-refractivity contribution in [1.29, 1.82) is 0 Å². The maximum atomic E-state index is 7.00. The summed E-state index contributed by atoms with van der Waals surface area (Å²) in [6.45, 7) is 0. The molecule has 0 amide bonds. The third kappa shape index (κ3) is 41.0. The molecule has 0 saturated carbocycles. The second-order valence-corrected chi connectivity index (χ2v) is 0.115. The fourth-order valence-electron chi connectivity index (χ4n) is 0. The minimum atomic E-state index is 0. The van der Waals surface area contributed by atoms with Gasteiger partial charge in [-0.25, -0.2) is 0 Å². The smallest absolute Gasteiger partial charge is 0.429 e. The van der Waals surface area contributed by atoms with Gasteiger partial charge in [-0.2, -0.15) is 0 Å². The molecule has 0 fully saturated rings. The summed E-state index contributed by atoms with van der Waals surface area (Å²) in [6, 6.07) is 0. The molecule has 0 unspecified atom stereocenters. The minimum Gasteiger partial charge on any atom is -0.429 e. The molecule has 0 aliphatic carbocycles.